The lowest BCUT2D eigenvalue weighted by molar-refractivity contribution is -0.156. The van der Waals surface area contributed by atoms with Crippen LogP contribution in [-0.2, 0) is 20.8 Å². The molecule has 0 spiro atoms. The van der Waals surface area contributed by atoms with E-state index in [1.165, 1.54) is 4.90 Å². The molecular weight excluding hydrogens is 452 g/mol. The SMILES string of the molecule is C[C@H](Cc1ccc(O)c(Br)c1)C(=O)N1CCC(C2CCN(C(=O)C(=O)O)CC2)CC1. The second kappa shape index (κ2) is 9.81. The number of hydrogen-bond donors (Lipinski definition) is 2. The number of carboxylic acids is 1. The maximum Gasteiger partial charge on any atom is 0.394 e. The van der Waals surface area contributed by atoms with Crippen LogP contribution < -0.4 is 0 Å². The lowest BCUT2D eigenvalue weighted by Crippen LogP contribution is -2.46. The smallest absolute Gasteiger partial charge is 0.394 e. The number of likely N-dealkylation sites (tertiary alicyclic amines) is 2. The zero-order valence-electron chi connectivity index (χ0n) is 17.2. The third kappa shape index (κ3) is 5.33. The topological polar surface area (TPSA) is 98.2 Å². The van der Waals surface area contributed by atoms with E-state index < -0.39 is 11.9 Å². The highest BCUT2D eigenvalue weighted by molar-refractivity contribution is 9.10. The summed E-state index contributed by atoms with van der Waals surface area (Å²) < 4.78 is 0.636. The number of aromatic hydroxyl groups is 1. The van der Waals surface area contributed by atoms with Crippen molar-refractivity contribution in [2.45, 2.75) is 39.0 Å². The van der Waals surface area contributed by atoms with Gasteiger partial charge in [-0.05, 0) is 77.6 Å². The Morgan fingerprint density at radius 1 is 1.03 bits per heavy atom. The Labute approximate surface area is 185 Å². The molecule has 30 heavy (non-hydrogen) atoms. The molecule has 1 atom stereocenters. The van der Waals surface area contributed by atoms with Crippen molar-refractivity contribution in [2.75, 3.05) is 26.2 Å². The number of carbonyl (C=O) groups excluding carboxylic acids is 2. The molecule has 1 aromatic rings. The van der Waals surface area contributed by atoms with Crippen LogP contribution in [0.4, 0.5) is 0 Å². The zero-order valence-corrected chi connectivity index (χ0v) is 18.8. The van der Waals surface area contributed by atoms with Crippen molar-refractivity contribution in [3.05, 3.63) is 28.2 Å². The van der Waals surface area contributed by atoms with Crippen molar-refractivity contribution in [2.24, 2.45) is 17.8 Å². The number of piperidine rings is 2. The summed E-state index contributed by atoms with van der Waals surface area (Å²) in [5, 5.41) is 18.5. The molecule has 0 radical (unpaired) electrons. The van der Waals surface area contributed by atoms with Crippen LogP contribution in [0.5, 0.6) is 5.75 Å². The molecule has 2 N–H and O–H groups in total. The molecule has 0 aromatic heterocycles. The van der Waals surface area contributed by atoms with E-state index in [4.69, 9.17) is 5.11 Å². The molecule has 2 saturated heterocycles. The Balaban J connectivity index is 1.45. The highest BCUT2D eigenvalue weighted by Crippen LogP contribution is 2.33. The largest absolute Gasteiger partial charge is 0.507 e. The number of amides is 2. The molecule has 0 saturated carbocycles. The summed E-state index contributed by atoms with van der Waals surface area (Å²) in [6, 6.07) is 5.34. The highest BCUT2D eigenvalue weighted by atomic mass is 79.9. The van der Waals surface area contributed by atoms with Crippen molar-refractivity contribution in [3.8, 4) is 5.75 Å². The number of aliphatic carboxylic acids is 1. The van der Waals surface area contributed by atoms with Crippen molar-refractivity contribution in [3.63, 3.8) is 0 Å². The molecule has 2 heterocycles. The molecule has 0 bridgehead atoms. The van der Waals surface area contributed by atoms with Crippen LogP contribution in [0.3, 0.4) is 0 Å². The second-order valence-corrected chi connectivity index (χ2v) is 9.34. The maximum atomic E-state index is 12.9. The van der Waals surface area contributed by atoms with Crippen LogP contribution in [0.2, 0.25) is 0 Å². The van der Waals surface area contributed by atoms with Gasteiger partial charge in [-0.2, -0.15) is 0 Å². The quantitative estimate of drug-likeness (QED) is 0.645. The molecule has 3 rings (SSSR count). The van der Waals surface area contributed by atoms with Gasteiger partial charge in [0.1, 0.15) is 5.75 Å². The Morgan fingerprint density at radius 3 is 2.07 bits per heavy atom. The first-order valence-electron chi connectivity index (χ1n) is 10.5. The summed E-state index contributed by atoms with van der Waals surface area (Å²) >= 11 is 3.32. The van der Waals surface area contributed by atoms with E-state index in [1.807, 2.05) is 24.0 Å². The lowest BCUT2D eigenvalue weighted by atomic mass is 9.78. The molecule has 164 valence electrons. The van der Waals surface area contributed by atoms with Crippen LogP contribution in [0.1, 0.15) is 38.2 Å². The predicted octanol–water partition coefficient (Wildman–Crippen LogP) is 2.90. The van der Waals surface area contributed by atoms with Gasteiger partial charge >= 0.3 is 11.9 Å². The summed E-state index contributed by atoms with van der Waals surface area (Å²) in [5.41, 5.74) is 1.01. The van der Waals surface area contributed by atoms with Crippen LogP contribution in [0.25, 0.3) is 0 Å². The van der Waals surface area contributed by atoms with Crippen molar-refractivity contribution in [1.29, 1.82) is 0 Å². The number of hydrogen-bond acceptors (Lipinski definition) is 4. The minimum atomic E-state index is -1.38. The number of carbonyl (C=O) groups is 3. The number of carboxylic acid groups (broad SMARTS) is 1. The molecule has 8 heteroatoms. The summed E-state index contributed by atoms with van der Waals surface area (Å²) in [5.74, 6) is -0.926. The van der Waals surface area contributed by atoms with Gasteiger partial charge in [0, 0.05) is 32.1 Å². The Morgan fingerprint density at radius 2 is 1.57 bits per heavy atom. The molecule has 0 aliphatic carbocycles. The number of halogens is 1. The molecular formula is C22H29BrN2O5. The molecule has 7 nitrogen and oxygen atoms in total. The number of benzene rings is 1. The van der Waals surface area contributed by atoms with Crippen molar-refractivity contribution in [1.82, 2.24) is 9.80 Å². The van der Waals surface area contributed by atoms with E-state index in [-0.39, 0.29) is 17.6 Å². The third-order valence-electron chi connectivity index (χ3n) is 6.50. The predicted molar refractivity (Wildman–Crippen MR) is 115 cm³/mol. The van der Waals surface area contributed by atoms with Gasteiger partial charge in [-0.25, -0.2) is 4.79 Å². The van der Waals surface area contributed by atoms with Crippen LogP contribution >= 0.6 is 15.9 Å². The van der Waals surface area contributed by atoms with Gasteiger partial charge < -0.3 is 20.0 Å². The van der Waals surface area contributed by atoms with E-state index in [0.29, 0.717) is 35.8 Å². The summed E-state index contributed by atoms with van der Waals surface area (Å²) in [7, 11) is 0. The molecule has 0 unspecified atom stereocenters. The Hall–Kier alpha value is -2.09. The normalized spacial score (nSPS) is 19.5. The van der Waals surface area contributed by atoms with Crippen LogP contribution in [0.15, 0.2) is 22.7 Å². The Bertz CT molecular complexity index is 799. The van der Waals surface area contributed by atoms with E-state index in [0.717, 1.165) is 44.3 Å². The number of phenolic OH excluding ortho intramolecular Hbond substituents is 1. The van der Waals surface area contributed by atoms with E-state index >= 15 is 0 Å². The number of nitrogens with zero attached hydrogens (tertiary/aromatic N) is 2. The third-order valence-corrected chi connectivity index (χ3v) is 7.14. The lowest BCUT2D eigenvalue weighted by Gasteiger charge is -2.40. The van der Waals surface area contributed by atoms with E-state index in [2.05, 4.69) is 15.9 Å². The molecule has 2 fully saturated rings. The molecule has 2 aliphatic rings. The second-order valence-electron chi connectivity index (χ2n) is 8.49. The maximum absolute atomic E-state index is 12.9. The van der Waals surface area contributed by atoms with E-state index in [9.17, 15) is 19.5 Å². The average Bonchev–Trinajstić information content (AvgIpc) is 2.75. The van der Waals surface area contributed by atoms with Crippen LogP contribution in [0, 0.1) is 17.8 Å². The van der Waals surface area contributed by atoms with Gasteiger partial charge in [-0.1, -0.05) is 13.0 Å². The fourth-order valence-corrected chi connectivity index (χ4v) is 5.16. The summed E-state index contributed by atoms with van der Waals surface area (Å²) in [6.45, 7) is 4.47. The van der Waals surface area contributed by atoms with Gasteiger partial charge in [0.05, 0.1) is 4.47 Å². The number of phenols is 1. The summed E-state index contributed by atoms with van der Waals surface area (Å²) in [4.78, 5) is 38.7. The van der Waals surface area contributed by atoms with Crippen LogP contribution in [-0.4, -0.2) is 64.0 Å². The first kappa shape index (κ1) is 22.6. The monoisotopic (exact) mass is 480 g/mol. The Kier molecular flexibility index (Phi) is 7.39. The molecule has 2 aliphatic heterocycles. The van der Waals surface area contributed by atoms with Gasteiger partial charge in [-0.3, -0.25) is 9.59 Å². The van der Waals surface area contributed by atoms with Gasteiger partial charge in [-0.15, -0.1) is 0 Å². The molecule has 1 aromatic carbocycles. The number of rotatable bonds is 4. The average molecular weight is 481 g/mol. The zero-order chi connectivity index (χ0) is 21.8. The molecule has 2 amide bonds. The first-order valence-corrected chi connectivity index (χ1v) is 11.3. The fourth-order valence-electron chi connectivity index (χ4n) is 4.73. The highest BCUT2D eigenvalue weighted by Gasteiger charge is 2.33. The van der Waals surface area contributed by atoms with Gasteiger partial charge in [0.25, 0.3) is 0 Å². The van der Waals surface area contributed by atoms with E-state index in [1.54, 1.807) is 6.07 Å². The van der Waals surface area contributed by atoms with Crippen molar-refractivity contribution >= 4 is 33.7 Å². The van der Waals surface area contributed by atoms with Crippen molar-refractivity contribution < 1.29 is 24.6 Å². The minimum Gasteiger partial charge on any atom is -0.507 e. The van der Waals surface area contributed by atoms with Gasteiger partial charge in [0.15, 0.2) is 0 Å². The summed E-state index contributed by atoms with van der Waals surface area (Å²) in [6.07, 6.45) is 4.22. The fraction of sp³-hybridized carbons (Fsp3) is 0.591. The standard InChI is InChI=1S/C22H29BrN2O5/c1-14(12-15-2-3-19(26)18(23)13-15)20(27)24-8-4-16(5-9-24)17-6-10-25(11-7-17)21(28)22(29)30/h2-3,13-14,16-17,26H,4-12H2,1H3,(H,29,30)/t14-/m1/s1. The minimum absolute atomic E-state index is 0.122. The first-order chi connectivity index (χ1) is 14.3. The van der Waals surface area contributed by atoms with Gasteiger partial charge in [0.2, 0.25) is 5.91 Å².